The van der Waals surface area contributed by atoms with Crippen molar-refractivity contribution in [1.29, 1.82) is 0 Å². The van der Waals surface area contributed by atoms with Gasteiger partial charge >= 0.3 is 0 Å². The van der Waals surface area contributed by atoms with Crippen LogP contribution in [0.1, 0.15) is 18.1 Å². The van der Waals surface area contributed by atoms with Crippen molar-refractivity contribution in [2.24, 2.45) is 0 Å². The van der Waals surface area contributed by atoms with E-state index >= 15 is 0 Å². The number of hydrogen-bond acceptors (Lipinski definition) is 5. The van der Waals surface area contributed by atoms with E-state index in [4.69, 9.17) is 0 Å². The van der Waals surface area contributed by atoms with Crippen LogP contribution in [0.3, 0.4) is 0 Å². The Morgan fingerprint density at radius 2 is 1.79 bits per heavy atom. The van der Waals surface area contributed by atoms with E-state index in [1.54, 1.807) is 0 Å². The van der Waals surface area contributed by atoms with Gasteiger partial charge in [-0.15, -0.1) is 0 Å². The number of likely N-dealkylation sites (N-methyl/N-ethyl adjacent to an activating group) is 1. The van der Waals surface area contributed by atoms with Gasteiger partial charge in [-0.25, -0.2) is 8.42 Å². The summed E-state index contributed by atoms with van der Waals surface area (Å²) in [5, 5.41) is 5.20. The third-order valence-corrected chi connectivity index (χ3v) is 6.08. The summed E-state index contributed by atoms with van der Waals surface area (Å²) in [6.07, 6.45) is 0.989. The zero-order valence-corrected chi connectivity index (χ0v) is 17.3. The van der Waals surface area contributed by atoms with Gasteiger partial charge in [0, 0.05) is 20.1 Å². The summed E-state index contributed by atoms with van der Waals surface area (Å²) < 4.78 is 24.6. The predicted octanol–water partition coefficient (Wildman–Crippen LogP) is -0.780. The molecule has 1 saturated heterocycles. The van der Waals surface area contributed by atoms with Crippen molar-refractivity contribution in [2.75, 3.05) is 32.9 Å². The number of nitrogens with zero attached hydrogens (tertiary/aromatic N) is 2. The summed E-state index contributed by atoms with van der Waals surface area (Å²) in [5.74, 6) is -1.47. The zero-order valence-electron chi connectivity index (χ0n) is 16.5. The van der Waals surface area contributed by atoms with Crippen molar-refractivity contribution in [2.45, 2.75) is 25.9 Å². The lowest BCUT2D eigenvalue weighted by atomic mass is 9.96. The molecule has 3 amide bonds. The van der Waals surface area contributed by atoms with Crippen molar-refractivity contribution in [3.8, 4) is 0 Å². The monoisotopic (exact) mass is 410 g/mol. The Morgan fingerprint density at radius 3 is 2.36 bits per heavy atom. The first-order valence-corrected chi connectivity index (χ1v) is 10.6. The molecule has 2 rings (SSSR count). The maximum atomic E-state index is 12.7. The van der Waals surface area contributed by atoms with Crippen LogP contribution in [0.4, 0.5) is 0 Å². The molecule has 1 aromatic carbocycles. The third kappa shape index (κ3) is 5.08. The first kappa shape index (κ1) is 21.8. The van der Waals surface area contributed by atoms with E-state index < -0.39 is 27.4 Å². The molecule has 1 heterocycles. The van der Waals surface area contributed by atoms with Crippen LogP contribution in [-0.4, -0.2) is 73.8 Å². The summed E-state index contributed by atoms with van der Waals surface area (Å²) in [6, 6.07) is 7.68. The highest BCUT2D eigenvalue weighted by Crippen LogP contribution is 2.22. The molecule has 1 aliphatic heterocycles. The fourth-order valence-corrected chi connectivity index (χ4v) is 3.65. The first-order valence-electron chi connectivity index (χ1n) is 8.76. The molecule has 1 unspecified atom stereocenters. The molecule has 0 aromatic heterocycles. The van der Waals surface area contributed by atoms with Crippen molar-refractivity contribution in [3.63, 3.8) is 0 Å². The molecule has 0 saturated carbocycles. The fourth-order valence-electron chi connectivity index (χ4n) is 2.82. The number of rotatable bonds is 6. The number of amides is 3. The van der Waals surface area contributed by atoms with Crippen molar-refractivity contribution in [1.82, 2.24) is 19.8 Å². The second-order valence-corrected chi connectivity index (χ2v) is 9.19. The largest absolute Gasteiger partial charge is 0.350 e. The van der Waals surface area contributed by atoms with Gasteiger partial charge < -0.3 is 15.5 Å². The molecule has 0 spiro atoms. The highest BCUT2D eigenvalue weighted by atomic mass is 32.2. The number of piperazine rings is 1. The fraction of sp³-hybridized carbons (Fsp3) is 0.500. The van der Waals surface area contributed by atoms with Gasteiger partial charge in [0.05, 0.1) is 19.3 Å². The van der Waals surface area contributed by atoms with Crippen LogP contribution >= 0.6 is 0 Å². The molecule has 0 aliphatic carbocycles. The predicted molar refractivity (Wildman–Crippen MR) is 104 cm³/mol. The topological polar surface area (TPSA) is 116 Å². The van der Waals surface area contributed by atoms with Gasteiger partial charge in [0.15, 0.2) is 0 Å². The minimum Gasteiger partial charge on any atom is -0.350 e. The molecule has 154 valence electrons. The number of carbonyl (C=O) groups is 3. The maximum absolute atomic E-state index is 12.7. The summed E-state index contributed by atoms with van der Waals surface area (Å²) in [7, 11) is -2.19. The smallest absolute Gasteiger partial charge is 0.247 e. The Labute approximate surface area is 165 Å². The molecule has 2 N–H and O–H groups in total. The van der Waals surface area contributed by atoms with Crippen molar-refractivity contribution in [3.05, 3.63) is 35.4 Å². The summed E-state index contributed by atoms with van der Waals surface area (Å²) in [6.45, 7) is 3.01. The molecule has 28 heavy (non-hydrogen) atoms. The number of carbonyl (C=O) groups excluding carboxylic acids is 3. The molecule has 0 bridgehead atoms. The summed E-state index contributed by atoms with van der Waals surface area (Å²) in [4.78, 5) is 38.1. The lowest BCUT2D eigenvalue weighted by molar-refractivity contribution is -0.150. The van der Waals surface area contributed by atoms with Gasteiger partial charge in [-0.05, 0) is 19.4 Å². The number of benzene rings is 1. The lowest BCUT2D eigenvalue weighted by Gasteiger charge is -2.44. The molecule has 1 fully saturated rings. The van der Waals surface area contributed by atoms with Crippen LogP contribution in [-0.2, 0) is 31.0 Å². The van der Waals surface area contributed by atoms with Crippen LogP contribution in [0, 0.1) is 6.92 Å². The van der Waals surface area contributed by atoms with Crippen molar-refractivity contribution >= 4 is 27.7 Å². The minimum absolute atomic E-state index is 0.176. The average molecular weight is 410 g/mol. The lowest BCUT2D eigenvalue weighted by Crippen LogP contribution is -2.68. The Morgan fingerprint density at radius 1 is 1.18 bits per heavy atom. The SMILES string of the molecule is Cc1ccc(CNC(=O)CNC(=O)C2(C)CN(S(C)(=O)=O)CC(=O)N2C)cc1. The van der Waals surface area contributed by atoms with E-state index in [1.807, 2.05) is 31.2 Å². The minimum atomic E-state index is -3.63. The van der Waals surface area contributed by atoms with E-state index in [1.165, 1.54) is 18.9 Å². The molecule has 10 heteroatoms. The maximum Gasteiger partial charge on any atom is 0.247 e. The number of nitrogens with one attached hydrogen (secondary N) is 2. The van der Waals surface area contributed by atoms with Gasteiger partial charge in [0.1, 0.15) is 5.54 Å². The van der Waals surface area contributed by atoms with Crippen molar-refractivity contribution < 1.29 is 22.8 Å². The van der Waals surface area contributed by atoms with E-state index in [-0.39, 0.29) is 25.5 Å². The van der Waals surface area contributed by atoms with Gasteiger partial charge in [-0.1, -0.05) is 29.8 Å². The van der Waals surface area contributed by atoms with Gasteiger partial charge in [-0.3, -0.25) is 14.4 Å². The van der Waals surface area contributed by atoms with Crippen LogP contribution < -0.4 is 10.6 Å². The highest BCUT2D eigenvalue weighted by molar-refractivity contribution is 7.88. The average Bonchev–Trinajstić information content (AvgIpc) is 2.62. The van der Waals surface area contributed by atoms with Gasteiger partial charge in [0.2, 0.25) is 27.7 Å². The second kappa shape index (κ2) is 8.27. The Balaban J connectivity index is 1.95. The Kier molecular flexibility index (Phi) is 6.45. The first-order chi connectivity index (χ1) is 12.9. The molecule has 1 atom stereocenters. The number of hydrogen-bond donors (Lipinski definition) is 2. The summed E-state index contributed by atoms with van der Waals surface area (Å²) in [5.41, 5.74) is 0.638. The van der Waals surface area contributed by atoms with E-state index in [0.717, 1.165) is 21.7 Å². The molecular weight excluding hydrogens is 384 g/mol. The highest BCUT2D eigenvalue weighted by Gasteiger charge is 2.47. The molecule has 1 aromatic rings. The second-order valence-electron chi connectivity index (χ2n) is 7.20. The quantitative estimate of drug-likeness (QED) is 0.638. The van der Waals surface area contributed by atoms with Crippen LogP contribution in [0.5, 0.6) is 0 Å². The van der Waals surface area contributed by atoms with Crippen LogP contribution in [0.25, 0.3) is 0 Å². The Bertz CT molecular complexity index is 868. The van der Waals surface area contributed by atoms with E-state index in [0.29, 0.717) is 6.54 Å². The van der Waals surface area contributed by atoms with E-state index in [2.05, 4.69) is 10.6 Å². The van der Waals surface area contributed by atoms with Crippen LogP contribution in [0.15, 0.2) is 24.3 Å². The standard InChI is InChI=1S/C18H26N4O5S/c1-13-5-7-14(8-6-13)9-19-15(23)10-20-17(25)18(2)12-22(28(4,26)27)11-16(24)21(18)3/h5-8H,9-12H2,1-4H3,(H,19,23)(H,20,25). The van der Waals surface area contributed by atoms with E-state index in [9.17, 15) is 22.8 Å². The Hall–Kier alpha value is -2.46. The number of aryl methyl sites for hydroxylation is 1. The summed E-state index contributed by atoms with van der Waals surface area (Å²) >= 11 is 0. The van der Waals surface area contributed by atoms with Gasteiger partial charge in [-0.2, -0.15) is 4.31 Å². The molecule has 1 aliphatic rings. The van der Waals surface area contributed by atoms with Gasteiger partial charge in [0.25, 0.3) is 0 Å². The normalized spacial score (nSPS) is 20.7. The molecular formula is C18H26N4O5S. The third-order valence-electron chi connectivity index (χ3n) is 4.89. The number of sulfonamides is 1. The zero-order chi connectivity index (χ0) is 21.1. The molecule has 0 radical (unpaired) electrons. The van der Waals surface area contributed by atoms with Crippen LogP contribution in [0.2, 0.25) is 0 Å². The molecule has 9 nitrogen and oxygen atoms in total.